The topological polar surface area (TPSA) is 29.5 Å². The smallest absolute Gasteiger partial charge is 0.159 e. The lowest BCUT2D eigenvalue weighted by atomic mass is 10.1. The Bertz CT molecular complexity index is 630. The van der Waals surface area contributed by atoms with Crippen LogP contribution in [-0.2, 0) is 13.2 Å². The highest BCUT2D eigenvalue weighted by Crippen LogP contribution is 2.29. The number of aliphatic hydroxyl groups excluding tert-OH is 1. The van der Waals surface area contributed by atoms with Crippen molar-refractivity contribution in [1.82, 2.24) is 0 Å². The van der Waals surface area contributed by atoms with Gasteiger partial charge in [0, 0.05) is 10.0 Å². The highest BCUT2D eigenvalue weighted by atomic mass is 79.9. The summed E-state index contributed by atoms with van der Waals surface area (Å²) in [5.74, 6) is -1.23. The van der Waals surface area contributed by atoms with Gasteiger partial charge in [-0.15, -0.1) is 0 Å². The van der Waals surface area contributed by atoms with E-state index in [4.69, 9.17) is 4.74 Å². The molecule has 0 fully saturated rings. The van der Waals surface area contributed by atoms with Crippen LogP contribution in [0.4, 0.5) is 8.78 Å². The number of rotatable bonds is 4. The van der Waals surface area contributed by atoms with Crippen molar-refractivity contribution >= 4 is 15.9 Å². The van der Waals surface area contributed by atoms with Gasteiger partial charge in [-0.05, 0) is 42.3 Å². The SMILES string of the molecule is Cc1cc(Br)cc(CO)c1OCc1ccc(F)c(F)c1. The Labute approximate surface area is 124 Å². The third-order valence-corrected chi connectivity index (χ3v) is 3.31. The zero-order chi connectivity index (χ0) is 14.7. The Morgan fingerprint density at radius 2 is 1.90 bits per heavy atom. The van der Waals surface area contributed by atoms with E-state index in [1.54, 1.807) is 6.07 Å². The van der Waals surface area contributed by atoms with Gasteiger partial charge >= 0.3 is 0 Å². The van der Waals surface area contributed by atoms with Gasteiger partial charge < -0.3 is 9.84 Å². The minimum absolute atomic E-state index is 0.104. The maximum Gasteiger partial charge on any atom is 0.159 e. The van der Waals surface area contributed by atoms with Gasteiger partial charge in [0.2, 0.25) is 0 Å². The average molecular weight is 343 g/mol. The van der Waals surface area contributed by atoms with Crippen LogP contribution < -0.4 is 4.74 Å². The highest BCUT2D eigenvalue weighted by molar-refractivity contribution is 9.10. The first-order chi connectivity index (χ1) is 9.51. The van der Waals surface area contributed by atoms with E-state index in [1.165, 1.54) is 6.07 Å². The summed E-state index contributed by atoms with van der Waals surface area (Å²) in [6.07, 6.45) is 0. The Morgan fingerprint density at radius 3 is 2.55 bits per heavy atom. The van der Waals surface area contributed by atoms with Crippen LogP contribution in [0.5, 0.6) is 5.75 Å². The zero-order valence-corrected chi connectivity index (χ0v) is 12.4. The van der Waals surface area contributed by atoms with E-state index in [0.29, 0.717) is 16.9 Å². The molecular weight excluding hydrogens is 330 g/mol. The summed E-state index contributed by atoms with van der Waals surface area (Å²) in [7, 11) is 0. The zero-order valence-electron chi connectivity index (χ0n) is 10.8. The van der Waals surface area contributed by atoms with Gasteiger partial charge in [0.25, 0.3) is 0 Å². The van der Waals surface area contributed by atoms with Crippen molar-refractivity contribution in [3.05, 3.63) is 63.1 Å². The van der Waals surface area contributed by atoms with Gasteiger partial charge in [0.05, 0.1) is 6.61 Å². The molecule has 2 rings (SSSR count). The number of aryl methyl sites for hydroxylation is 1. The summed E-state index contributed by atoms with van der Waals surface area (Å²) in [4.78, 5) is 0. The van der Waals surface area contributed by atoms with E-state index in [0.717, 1.165) is 22.2 Å². The first kappa shape index (κ1) is 14.9. The van der Waals surface area contributed by atoms with Crippen LogP contribution in [0.2, 0.25) is 0 Å². The van der Waals surface area contributed by atoms with E-state index >= 15 is 0 Å². The number of ether oxygens (including phenoxy) is 1. The van der Waals surface area contributed by atoms with Crippen LogP contribution in [0.15, 0.2) is 34.8 Å². The van der Waals surface area contributed by atoms with Crippen molar-refractivity contribution in [2.75, 3.05) is 0 Å². The third kappa shape index (κ3) is 3.35. The van der Waals surface area contributed by atoms with Gasteiger partial charge in [-0.25, -0.2) is 8.78 Å². The summed E-state index contributed by atoms with van der Waals surface area (Å²) in [6.45, 7) is 1.80. The molecule has 0 radical (unpaired) electrons. The predicted molar refractivity (Wildman–Crippen MR) is 75.5 cm³/mol. The molecule has 0 saturated carbocycles. The van der Waals surface area contributed by atoms with E-state index in [9.17, 15) is 13.9 Å². The molecule has 5 heteroatoms. The predicted octanol–water partition coefficient (Wildman–Crippen LogP) is 4.11. The molecule has 0 bridgehead atoms. The van der Waals surface area contributed by atoms with Crippen molar-refractivity contribution in [3.63, 3.8) is 0 Å². The lowest BCUT2D eigenvalue weighted by Crippen LogP contribution is -2.02. The second-order valence-electron chi connectivity index (χ2n) is 4.41. The monoisotopic (exact) mass is 342 g/mol. The van der Waals surface area contributed by atoms with Crippen LogP contribution in [0, 0.1) is 18.6 Å². The maximum absolute atomic E-state index is 13.1. The largest absolute Gasteiger partial charge is 0.488 e. The summed E-state index contributed by atoms with van der Waals surface area (Å²) in [5, 5.41) is 9.33. The Kier molecular flexibility index (Phi) is 4.73. The summed E-state index contributed by atoms with van der Waals surface area (Å²) in [6, 6.07) is 7.25. The molecule has 0 spiro atoms. The Hall–Kier alpha value is -1.46. The fourth-order valence-electron chi connectivity index (χ4n) is 1.91. The first-order valence-electron chi connectivity index (χ1n) is 5.98. The van der Waals surface area contributed by atoms with Crippen molar-refractivity contribution in [2.45, 2.75) is 20.1 Å². The molecule has 0 amide bonds. The van der Waals surface area contributed by atoms with Gasteiger partial charge in [-0.2, -0.15) is 0 Å². The molecule has 0 atom stereocenters. The molecule has 0 aliphatic carbocycles. The molecule has 0 aliphatic heterocycles. The molecule has 0 aromatic heterocycles. The maximum atomic E-state index is 13.1. The van der Waals surface area contributed by atoms with E-state index in [-0.39, 0.29) is 13.2 Å². The second-order valence-corrected chi connectivity index (χ2v) is 5.32. The molecular formula is C15H13BrF2O2. The minimum Gasteiger partial charge on any atom is -0.488 e. The first-order valence-corrected chi connectivity index (χ1v) is 6.77. The van der Waals surface area contributed by atoms with Crippen molar-refractivity contribution < 1.29 is 18.6 Å². The highest BCUT2D eigenvalue weighted by Gasteiger charge is 2.09. The molecule has 2 nitrogen and oxygen atoms in total. The molecule has 0 aliphatic rings. The molecule has 20 heavy (non-hydrogen) atoms. The summed E-state index contributed by atoms with van der Waals surface area (Å²) in [5.41, 5.74) is 2.01. The molecule has 1 N–H and O–H groups in total. The number of hydrogen-bond acceptors (Lipinski definition) is 2. The number of halogens is 3. The molecule has 0 saturated heterocycles. The minimum atomic E-state index is -0.902. The number of benzene rings is 2. The fourth-order valence-corrected chi connectivity index (χ4v) is 2.53. The second kappa shape index (κ2) is 6.33. The number of hydrogen-bond donors (Lipinski definition) is 1. The standard InChI is InChI=1S/C15H13BrF2O2/c1-9-4-12(16)6-11(7-19)15(9)20-8-10-2-3-13(17)14(18)5-10/h2-6,19H,7-8H2,1H3. The van der Waals surface area contributed by atoms with Crippen LogP contribution in [-0.4, -0.2) is 5.11 Å². The number of aliphatic hydroxyl groups is 1. The van der Waals surface area contributed by atoms with Crippen molar-refractivity contribution in [1.29, 1.82) is 0 Å². The van der Waals surface area contributed by atoms with E-state index in [1.807, 2.05) is 13.0 Å². The molecule has 0 heterocycles. The van der Waals surface area contributed by atoms with Crippen molar-refractivity contribution in [3.8, 4) is 5.75 Å². The molecule has 0 unspecified atom stereocenters. The van der Waals surface area contributed by atoms with Crippen LogP contribution in [0.3, 0.4) is 0 Å². The van der Waals surface area contributed by atoms with Gasteiger partial charge in [-0.3, -0.25) is 0 Å². The fraction of sp³-hybridized carbons (Fsp3) is 0.200. The van der Waals surface area contributed by atoms with Gasteiger partial charge in [0.15, 0.2) is 11.6 Å². The quantitative estimate of drug-likeness (QED) is 0.906. The van der Waals surface area contributed by atoms with Gasteiger partial charge in [-0.1, -0.05) is 22.0 Å². The molecule has 2 aromatic rings. The average Bonchev–Trinajstić information content (AvgIpc) is 2.40. The lowest BCUT2D eigenvalue weighted by Gasteiger charge is -2.14. The molecule has 2 aromatic carbocycles. The van der Waals surface area contributed by atoms with Crippen LogP contribution >= 0.6 is 15.9 Å². The normalized spacial score (nSPS) is 10.7. The molecule has 106 valence electrons. The third-order valence-electron chi connectivity index (χ3n) is 2.85. The van der Waals surface area contributed by atoms with Crippen LogP contribution in [0.25, 0.3) is 0 Å². The lowest BCUT2D eigenvalue weighted by molar-refractivity contribution is 0.257. The van der Waals surface area contributed by atoms with Gasteiger partial charge in [0.1, 0.15) is 12.4 Å². The Balaban J connectivity index is 2.20. The summed E-state index contributed by atoms with van der Waals surface area (Å²) < 4.78 is 32.4. The van der Waals surface area contributed by atoms with Crippen LogP contribution in [0.1, 0.15) is 16.7 Å². The van der Waals surface area contributed by atoms with E-state index in [2.05, 4.69) is 15.9 Å². The van der Waals surface area contributed by atoms with E-state index < -0.39 is 11.6 Å². The van der Waals surface area contributed by atoms with Crippen molar-refractivity contribution in [2.24, 2.45) is 0 Å². The summed E-state index contributed by atoms with van der Waals surface area (Å²) >= 11 is 3.34. The Morgan fingerprint density at radius 1 is 1.15 bits per heavy atom.